The van der Waals surface area contributed by atoms with Crippen LogP contribution in [0.1, 0.15) is 19.0 Å². The molecule has 112 valence electrons. The Morgan fingerprint density at radius 2 is 2.20 bits per heavy atom. The summed E-state index contributed by atoms with van der Waals surface area (Å²) in [4.78, 5) is 9.55. The van der Waals surface area contributed by atoms with E-state index in [2.05, 4.69) is 33.8 Å². The predicted octanol–water partition coefficient (Wildman–Crippen LogP) is 1.67. The minimum Gasteiger partial charge on any atom is -0.383 e. The Morgan fingerprint density at radius 1 is 1.30 bits per heavy atom. The Hall–Kier alpha value is -0.970. The highest BCUT2D eigenvalue weighted by molar-refractivity contribution is 5.03. The van der Waals surface area contributed by atoms with Gasteiger partial charge in [0.25, 0.3) is 0 Å². The van der Waals surface area contributed by atoms with E-state index in [4.69, 9.17) is 4.74 Å². The van der Waals surface area contributed by atoms with Crippen molar-refractivity contribution in [3.05, 3.63) is 30.1 Å². The first-order valence-electron chi connectivity index (χ1n) is 7.68. The lowest BCUT2D eigenvalue weighted by Gasteiger charge is -2.41. The van der Waals surface area contributed by atoms with Gasteiger partial charge >= 0.3 is 0 Å². The van der Waals surface area contributed by atoms with Gasteiger partial charge in [-0.25, -0.2) is 0 Å². The molecule has 1 saturated heterocycles. The van der Waals surface area contributed by atoms with Gasteiger partial charge in [0.05, 0.1) is 6.61 Å². The molecule has 2 rings (SSSR count). The largest absolute Gasteiger partial charge is 0.383 e. The van der Waals surface area contributed by atoms with Crippen LogP contribution in [0.15, 0.2) is 24.4 Å². The van der Waals surface area contributed by atoms with Crippen molar-refractivity contribution < 1.29 is 4.74 Å². The monoisotopic (exact) mass is 277 g/mol. The zero-order valence-electron chi connectivity index (χ0n) is 12.8. The zero-order valence-corrected chi connectivity index (χ0v) is 12.8. The second kappa shape index (κ2) is 8.35. The molecule has 4 heteroatoms. The van der Waals surface area contributed by atoms with Gasteiger partial charge in [0.2, 0.25) is 0 Å². The summed E-state index contributed by atoms with van der Waals surface area (Å²) in [5, 5.41) is 0. The first kappa shape index (κ1) is 15.4. The van der Waals surface area contributed by atoms with Crippen LogP contribution < -0.4 is 0 Å². The highest BCUT2D eigenvalue weighted by Gasteiger charge is 2.24. The molecule has 1 atom stereocenters. The summed E-state index contributed by atoms with van der Waals surface area (Å²) >= 11 is 0. The van der Waals surface area contributed by atoms with Crippen LogP contribution in [0, 0.1) is 0 Å². The van der Waals surface area contributed by atoms with Crippen molar-refractivity contribution in [2.45, 2.75) is 25.8 Å². The van der Waals surface area contributed by atoms with Gasteiger partial charge in [-0.05, 0) is 18.6 Å². The Balaban J connectivity index is 1.78. The van der Waals surface area contributed by atoms with Crippen molar-refractivity contribution in [3.8, 4) is 0 Å². The molecular formula is C16H27N3O. The molecule has 4 nitrogen and oxygen atoms in total. The van der Waals surface area contributed by atoms with E-state index in [0.717, 1.165) is 39.2 Å². The SMILES string of the molecule is CCC1CN(CCc2ccccn2)CCN1CCOC. The van der Waals surface area contributed by atoms with Crippen LogP contribution in [0.2, 0.25) is 0 Å². The third kappa shape index (κ3) is 4.54. The molecule has 0 aromatic carbocycles. The lowest BCUT2D eigenvalue weighted by Crippen LogP contribution is -2.53. The fourth-order valence-electron chi connectivity index (χ4n) is 2.87. The molecule has 20 heavy (non-hydrogen) atoms. The standard InChI is InChI=1S/C16H27N3O/c1-3-16-14-18(10-11-19(16)12-13-20-2)9-7-15-6-4-5-8-17-15/h4-6,8,16H,3,7,9-14H2,1-2H3. The zero-order chi connectivity index (χ0) is 14.2. The molecule has 0 spiro atoms. The fraction of sp³-hybridized carbons (Fsp3) is 0.688. The van der Waals surface area contributed by atoms with Gasteiger partial charge in [0, 0.05) is 64.2 Å². The third-order valence-electron chi connectivity index (χ3n) is 4.15. The molecule has 1 aromatic heterocycles. The number of ether oxygens (including phenoxy) is 1. The van der Waals surface area contributed by atoms with Crippen molar-refractivity contribution >= 4 is 0 Å². The summed E-state index contributed by atoms with van der Waals surface area (Å²) in [5.41, 5.74) is 1.20. The molecule has 1 aliphatic heterocycles. The van der Waals surface area contributed by atoms with E-state index in [1.807, 2.05) is 12.3 Å². The molecule has 0 amide bonds. The van der Waals surface area contributed by atoms with E-state index < -0.39 is 0 Å². The molecule has 0 N–H and O–H groups in total. The number of hydrogen-bond acceptors (Lipinski definition) is 4. The average molecular weight is 277 g/mol. The van der Waals surface area contributed by atoms with Gasteiger partial charge in [0.15, 0.2) is 0 Å². The number of rotatable bonds is 7. The second-order valence-electron chi connectivity index (χ2n) is 5.46. The normalized spacial score (nSPS) is 21.2. The fourth-order valence-corrected chi connectivity index (χ4v) is 2.87. The van der Waals surface area contributed by atoms with Crippen molar-refractivity contribution in [1.29, 1.82) is 0 Å². The van der Waals surface area contributed by atoms with E-state index in [-0.39, 0.29) is 0 Å². The third-order valence-corrected chi connectivity index (χ3v) is 4.15. The van der Waals surface area contributed by atoms with Crippen molar-refractivity contribution in [1.82, 2.24) is 14.8 Å². The summed E-state index contributed by atoms with van der Waals surface area (Å²) in [6.07, 6.45) is 4.14. The molecule has 0 aliphatic carbocycles. The molecular weight excluding hydrogens is 250 g/mol. The Kier molecular flexibility index (Phi) is 6.43. The number of hydrogen-bond donors (Lipinski definition) is 0. The maximum absolute atomic E-state index is 5.21. The highest BCUT2D eigenvalue weighted by atomic mass is 16.5. The molecule has 1 aliphatic rings. The van der Waals surface area contributed by atoms with Crippen LogP contribution in [-0.2, 0) is 11.2 Å². The Morgan fingerprint density at radius 3 is 2.90 bits per heavy atom. The Labute approximate surface area is 122 Å². The van der Waals surface area contributed by atoms with E-state index in [0.29, 0.717) is 6.04 Å². The smallest absolute Gasteiger partial charge is 0.0589 e. The molecule has 2 heterocycles. The predicted molar refractivity (Wildman–Crippen MR) is 81.9 cm³/mol. The summed E-state index contributed by atoms with van der Waals surface area (Å²) in [7, 11) is 1.78. The van der Waals surface area contributed by atoms with E-state index in [9.17, 15) is 0 Å². The van der Waals surface area contributed by atoms with E-state index >= 15 is 0 Å². The lowest BCUT2D eigenvalue weighted by molar-refractivity contribution is 0.0502. The maximum atomic E-state index is 5.21. The first-order chi connectivity index (χ1) is 9.83. The van der Waals surface area contributed by atoms with Gasteiger partial charge in [-0.1, -0.05) is 13.0 Å². The molecule has 1 fully saturated rings. The summed E-state index contributed by atoms with van der Waals surface area (Å²) in [6, 6.07) is 6.83. The average Bonchev–Trinajstić information content (AvgIpc) is 2.52. The number of piperazine rings is 1. The highest BCUT2D eigenvalue weighted by Crippen LogP contribution is 2.13. The van der Waals surface area contributed by atoms with E-state index in [1.54, 1.807) is 7.11 Å². The second-order valence-corrected chi connectivity index (χ2v) is 5.46. The van der Waals surface area contributed by atoms with Gasteiger partial charge in [0.1, 0.15) is 0 Å². The topological polar surface area (TPSA) is 28.6 Å². The van der Waals surface area contributed by atoms with Crippen LogP contribution in [0.4, 0.5) is 0 Å². The van der Waals surface area contributed by atoms with Crippen molar-refractivity contribution in [2.75, 3.05) is 46.4 Å². The molecule has 1 unspecified atom stereocenters. The van der Waals surface area contributed by atoms with Crippen LogP contribution in [0.5, 0.6) is 0 Å². The number of aromatic nitrogens is 1. The van der Waals surface area contributed by atoms with Crippen molar-refractivity contribution in [3.63, 3.8) is 0 Å². The molecule has 1 aromatic rings. The first-order valence-corrected chi connectivity index (χ1v) is 7.68. The quantitative estimate of drug-likeness (QED) is 0.758. The van der Waals surface area contributed by atoms with Crippen molar-refractivity contribution in [2.24, 2.45) is 0 Å². The van der Waals surface area contributed by atoms with Gasteiger partial charge in [-0.3, -0.25) is 9.88 Å². The summed E-state index contributed by atoms with van der Waals surface area (Å²) < 4.78 is 5.21. The number of methoxy groups -OCH3 is 1. The minimum atomic E-state index is 0.669. The Bertz CT molecular complexity index is 371. The summed E-state index contributed by atoms with van der Waals surface area (Å²) in [6.45, 7) is 8.79. The van der Waals surface area contributed by atoms with Gasteiger partial charge in [-0.15, -0.1) is 0 Å². The molecule has 0 radical (unpaired) electrons. The lowest BCUT2D eigenvalue weighted by atomic mass is 10.1. The van der Waals surface area contributed by atoms with Crippen LogP contribution in [-0.4, -0.2) is 67.3 Å². The van der Waals surface area contributed by atoms with Crippen LogP contribution in [0.25, 0.3) is 0 Å². The maximum Gasteiger partial charge on any atom is 0.0589 e. The summed E-state index contributed by atoms with van der Waals surface area (Å²) in [5.74, 6) is 0. The molecule has 0 saturated carbocycles. The van der Waals surface area contributed by atoms with Crippen LogP contribution in [0.3, 0.4) is 0 Å². The van der Waals surface area contributed by atoms with Crippen LogP contribution >= 0.6 is 0 Å². The number of pyridine rings is 1. The molecule has 0 bridgehead atoms. The van der Waals surface area contributed by atoms with E-state index in [1.165, 1.54) is 18.7 Å². The van der Waals surface area contributed by atoms with Gasteiger partial charge in [-0.2, -0.15) is 0 Å². The number of nitrogens with zero attached hydrogens (tertiary/aromatic N) is 3. The van der Waals surface area contributed by atoms with Gasteiger partial charge < -0.3 is 9.64 Å². The minimum absolute atomic E-state index is 0.669.